The van der Waals surface area contributed by atoms with Gasteiger partial charge in [0.1, 0.15) is 0 Å². The number of hydrogen-bond donors (Lipinski definition) is 2. The molecule has 0 spiro atoms. The van der Waals surface area contributed by atoms with Crippen molar-refractivity contribution in [1.29, 1.82) is 0 Å². The maximum Gasteiger partial charge on any atom is 0.343 e. The molecule has 168 valence electrons. The Morgan fingerprint density at radius 3 is 2.30 bits per heavy atom. The summed E-state index contributed by atoms with van der Waals surface area (Å²) in [6.07, 6.45) is 1.32. The van der Waals surface area contributed by atoms with Gasteiger partial charge in [-0.15, -0.1) is 0 Å². The van der Waals surface area contributed by atoms with Crippen LogP contribution in [0.4, 0.5) is 5.69 Å². The van der Waals surface area contributed by atoms with E-state index in [0.29, 0.717) is 21.8 Å². The second-order valence-electron chi connectivity index (χ2n) is 6.47. The highest BCUT2D eigenvalue weighted by atomic mass is 79.9. The standard InChI is InChI=1S/C23H17BrClN3O5/c1-32-20-12-14(2-11-19(20)33-23(31)15-3-7-17(25)8-4-15)13-26-28-22(30)21(29)27-18-9-5-16(24)6-10-18/h2-13H,1H3,(H,27,29)(H,28,30)/b26-13+. The maximum absolute atomic E-state index is 12.3. The zero-order valence-corrected chi connectivity index (χ0v) is 19.5. The van der Waals surface area contributed by atoms with E-state index in [2.05, 4.69) is 31.8 Å². The Kier molecular flexibility index (Phi) is 8.17. The first-order valence-corrected chi connectivity index (χ1v) is 10.6. The zero-order valence-electron chi connectivity index (χ0n) is 17.2. The van der Waals surface area contributed by atoms with Crippen LogP contribution in [-0.2, 0) is 9.59 Å². The number of hydrazone groups is 1. The van der Waals surface area contributed by atoms with Gasteiger partial charge >= 0.3 is 17.8 Å². The lowest BCUT2D eigenvalue weighted by Crippen LogP contribution is -2.32. The molecule has 2 N–H and O–H groups in total. The predicted molar refractivity (Wildman–Crippen MR) is 128 cm³/mol. The lowest BCUT2D eigenvalue weighted by atomic mass is 10.2. The molecule has 0 aromatic heterocycles. The fourth-order valence-electron chi connectivity index (χ4n) is 2.53. The highest BCUT2D eigenvalue weighted by Gasteiger charge is 2.14. The van der Waals surface area contributed by atoms with E-state index in [4.69, 9.17) is 21.1 Å². The quantitative estimate of drug-likeness (QED) is 0.161. The summed E-state index contributed by atoms with van der Waals surface area (Å²) in [6, 6.07) is 17.7. The van der Waals surface area contributed by atoms with Crippen molar-refractivity contribution < 1.29 is 23.9 Å². The van der Waals surface area contributed by atoms with Crippen molar-refractivity contribution in [2.45, 2.75) is 0 Å². The van der Waals surface area contributed by atoms with Gasteiger partial charge in [-0.05, 0) is 72.3 Å². The minimum atomic E-state index is -0.936. The highest BCUT2D eigenvalue weighted by molar-refractivity contribution is 9.10. The fourth-order valence-corrected chi connectivity index (χ4v) is 2.92. The van der Waals surface area contributed by atoms with Crippen molar-refractivity contribution in [3.05, 3.63) is 87.4 Å². The van der Waals surface area contributed by atoms with Crippen molar-refractivity contribution >= 4 is 57.2 Å². The van der Waals surface area contributed by atoms with Crippen molar-refractivity contribution in [3.63, 3.8) is 0 Å². The molecule has 0 saturated heterocycles. The smallest absolute Gasteiger partial charge is 0.343 e. The minimum Gasteiger partial charge on any atom is -0.493 e. The maximum atomic E-state index is 12.3. The number of halogens is 2. The summed E-state index contributed by atoms with van der Waals surface area (Å²) in [6.45, 7) is 0. The average molecular weight is 531 g/mol. The molecule has 0 bridgehead atoms. The molecule has 0 saturated carbocycles. The number of esters is 1. The average Bonchev–Trinajstić information content (AvgIpc) is 2.81. The van der Waals surface area contributed by atoms with Gasteiger partial charge < -0.3 is 14.8 Å². The topological polar surface area (TPSA) is 106 Å². The summed E-state index contributed by atoms with van der Waals surface area (Å²) >= 11 is 9.11. The van der Waals surface area contributed by atoms with Crippen LogP contribution in [-0.4, -0.2) is 31.1 Å². The van der Waals surface area contributed by atoms with E-state index in [9.17, 15) is 14.4 Å². The predicted octanol–water partition coefficient (Wildman–Crippen LogP) is 4.42. The fraction of sp³-hybridized carbons (Fsp3) is 0.0435. The van der Waals surface area contributed by atoms with Gasteiger partial charge in [0.2, 0.25) is 0 Å². The highest BCUT2D eigenvalue weighted by Crippen LogP contribution is 2.28. The van der Waals surface area contributed by atoms with Crippen LogP contribution in [0, 0.1) is 0 Å². The molecule has 10 heteroatoms. The summed E-state index contributed by atoms with van der Waals surface area (Å²) in [5.41, 5.74) is 3.48. The van der Waals surface area contributed by atoms with Gasteiger partial charge in [0.15, 0.2) is 11.5 Å². The Hall–Kier alpha value is -3.69. The van der Waals surface area contributed by atoms with Gasteiger partial charge in [-0.3, -0.25) is 9.59 Å². The van der Waals surface area contributed by atoms with Crippen molar-refractivity contribution in [2.75, 3.05) is 12.4 Å². The van der Waals surface area contributed by atoms with Crippen LogP contribution in [0.25, 0.3) is 0 Å². The number of nitrogens with one attached hydrogen (secondary N) is 2. The number of rotatable bonds is 6. The normalized spacial score (nSPS) is 10.5. The van der Waals surface area contributed by atoms with Crippen LogP contribution in [0.1, 0.15) is 15.9 Å². The van der Waals surface area contributed by atoms with Gasteiger partial charge in [0, 0.05) is 15.2 Å². The molecule has 3 aromatic carbocycles. The van der Waals surface area contributed by atoms with Crippen molar-refractivity contribution in [3.8, 4) is 11.5 Å². The van der Waals surface area contributed by atoms with E-state index in [1.807, 2.05) is 0 Å². The van der Waals surface area contributed by atoms with E-state index >= 15 is 0 Å². The van der Waals surface area contributed by atoms with E-state index < -0.39 is 17.8 Å². The Bertz CT molecular complexity index is 1200. The molecule has 2 amide bonds. The van der Waals surface area contributed by atoms with Crippen LogP contribution in [0.2, 0.25) is 5.02 Å². The molecular weight excluding hydrogens is 514 g/mol. The van der Waals surface area contributed by atoms with Gasteiger partial charge in [-0.1, -0.05) is 27.5 Å². The summed E-state index contributed by atoms with van der Waals surface area (Å²) in [5, 5.41) is 6.73. The lowest BCUT2D eigenvalue weighted by Gasteiger charge is -2.10. The lowest BCUT2D eigenvalue weighted by molar-refractivity contribution is -0.136. The Balaban J connectivity index is 1.59. The number of hydrogen-bond acceptors (Lipinski definition) is 6. The van der Waals surface area contributed by atoms with E-state index in [1.54, 1.807) is 60.7 Å². The van der Waals surface area contributed by atoms with Crippen molar-refractivity contribution in [1.82, 2.24) is 5.43 Å². The largest absolute Gasteiger partial charge is 0.493 e. The molecule has 8 nitrogen and oxygen atoms in total. The molecule has 0 unspecified atom stereocenters. The second-order valence-corrected chi connectivity index (χ2v) is 7.82. The molecule has 0 atom stereocenters. The second kappa shape index (κ2) is 11.3. The zero-order chi connectivity index (χ0) is 23.8. The summed E-state index contributed by atoms with van der Waals surface area (Å²) in [5.74, 6) is -1.89. The summed E-state index contributed by atoms with van der Waals surface area (Å²) in [4.78, 5) is 36.2. The third-order valence-corrected chi connectivity index (χ3v) is 4.94. The van der Waals surface area contributed by atoms with E-state index in [0.717, 1.165) is 4.47 Å². The third-order valence-electron chi connectivity index (χ3n) is 4.16. The number of amides is 2. The molecule has 0 heterocycles. The van der Waals surface area contributed by atoms with Crippen LogP contribution in [0.3, 0.4) is 0 Å². The first kappa shape index (κ1) is 24.0. The van der Waals surface area contributed by atoms with E-state index in [1.165, 1.54) is 19.4 Å². The van der Waals surface area contributed by atoms with Crippen LogP contribution in [0.15, 0.2) is 76.3 Å². The number of ether oxygens (including phenoxy) is 2. The number of carbonyl (C=O) groups excluding carboxylic acids is 3. The molecule has 0 aliphatic rings. The Morgan fingerprint density at radius 1 is 0.939 bits per heavy atom. The van der Waals surface area contributed by atoms with E-state index in [-0.39, 0.29) is 11.5 Å². The molecule has 0 aliphatic carbocycles. The van der Waals surface area contributed by atoms with Crippen molar-refractivity contribution in [2.24, 2.45) is 5.10 Å². The molecule has 3 aromatic rings. The minimum absolute atomic E-state index is 0.201. The first-order chi connectivity index (χ1) is 15.9. The number of anilines is 1. The van der Waals surface area contributed by atoms with Crippen LogP contribution < -0.4 is 20.2 Å². The van der Waals surface area contributed by atoms with Gasteiger partial charge in [0.25, 0.3) is 0 Å². The summed E-state index contributed by atoms with van der Waals surface area (Å²) < 4.78 is 11.5. The Labute approximate surface area is 202 Å². The SMILES string of the molecule is COc1cc(/C=N/NC(=O)C(=O)Nc2ccc(Br)cc2)ccc1OC(=O)c1ccc(Cl)cc1. The monoisotopic (exact) mass is 529 g/mol. The Morgan fingerprint density at radius 2 is 1.64 bits per heavy atom. The molecular formula is C23H17BrClN3O5. The van der Waals surface area contributed by atoms with Crippen LogP contribution >= 0.6 is 27.5 Å². The molecule has 3 rings (SSSR count). The van der Waals surface area contributed by atoms with Crippen LogP contribution in [0.5, 0.6) is 11.5 Å². The molecule has 0 aliphatic heterocycles. The van der Waals surface area contributed by atoms with Gasteiger partial charge in [0.05, 0.1) is 18.9 Å². The number of benzene rings is 3. The molecule has 33 heavy (non-hydrogen) atoms. The number of nitrogens with zero attached hydrogens (tertiary/aromatic N) is 1. The van der Waals surface area contributed by atoms with Gasteiger partial charge in [-0.2, -0.15) is 5.10 Å². The number of carbonyl (C=O) groups is 3. The van der Waals surface area contributed by atoms with Gasteiger partial charge in [-0.25, -0.2) is 10.2 Å². The third kappa shape index (κ3) is 6.90. The summed E-state index contributed by atoms with van der Waals surface area (Å²) in [7, 11) is 1.42. The first-order valence-electron chi connectivity index (χ1n) is 9.41. The number of methoxy groups -OCH3 is 1. The molecule has 0 radical (unpaired) electrons. The molecule has 0 fully saturated rings.